The van der Waals surface area contributed by atoms with E-state index in [1.54, 1.807) is 47.4 Å². The van der Waals surface area contributed by atoms with Crippen molar-refractivity contribution < 1.29 is 8.42 Å². The van der Waals surface area contributed by atoms with Gasteiger partial charge in [0.15, 0.2) is 0 Å². The van der Waals surface area contributed by atoms with Crippen molar-refractivity contribution in [3.05, 3.63) is 53.9 Å². The van der Waals surface area contributed by atoms with Gasteiger partial charge < -0.3 is 5.73 Å². The quantitative estimate of drug-likeness (QED) is 0.729. The second-order valence-corrected chi connectivity index (χ2v) is 6.73. The van der Waals surface area contributed by atoms with Crippen LogP contribution in [-0.2, 0) is 22.3 Å². The maximum Gasteiger partial charge on any atom is 0.215 e. The van der Waals surface area contributed by atoms with Crippen molar-refractivity contribution >= 4 is 27.2 Å². The molecule has 1 aromatic heterocycles. The summed E-state index contributed by atoms with van der Waals surface area (Å²) < 4.78 is 28.1. The van der Waals surface area contributed by atoms with Gasteiger partial charge >= 0.3 is 0 Å². The highest BCUT2D eigenvalue weighted by atomic mass is 32.2. The largest absolute Gasteiger partial charge is 0.389 e. The second-order valence-electron chi connectivity index (χ2n) is 4.48. The fraction of sp³-hybridized carbons (Fsp3) is 0.231. The Balaban J connectivity index is 1.89. The number of rotatable bonds is 7. The van der Waals surface area contributed by atoms with Gasteiger partial charge in [-0.05, 0) is 11.6 Å². The second kappa shape index (κ2) is 6.79. The maximum atomic E-state index is 12.0. The van der Waals surface area contributed by atoms with Gasteiger partial charge in [-0.15, -0.1) is 0 Å². The van der Waals surface area contributed by atoms with Gasteiger partial charge in [-0.2, -0.15) is 5.10 Å². The smallest absolute Gasteiger partial charge is 0.215 e. The first-order chi connectivity index (χ1) is 9.96. The van der Waals surface area contributed by atoms with Crippen molar-refractivity contribution in [1.29, 1.82) is 0 Å². The Morgan fingerprint density at radius 2 is 2.05 bits per heavy atom. The van der Waals surface area contributed by atoms with E-state index in [0.717, 1.165) is 5.56 Å². The number of hydrogen-bond acceptors (Lipinski definition) is 4. The van der Waals surface area contributed by atoms with E-state index in [9.17, 15) is 8.42 Å². The van der Waals surface area contributed by atoms with Crippen molar-refractivity contribution in [2.24, 2.45) is 5.73 Å². The molecule has 0 bridgehead atoms. The third-order valence-electron chi connectivity index (χ3n) is 2.82. The van der Waals surface area contributed by atoms with Crippen LogP contribution < -0.4 is 10.5 Å². The van der Waals surface area contributed by atoms with Crippen molar-refractivity contribution in [1.82, 2.24) is 14.5 Å². The highest BCUT2D eigenvalue weighted by molar-refractivity contribution is 7.88. The van der Waals surface area contributed by atoms with Crippen LogP contribution in [-0.4, -0.2) is 29.7 Å². The zero-order valence-corrected chi connectivity index (χ0v) is 12.9. The number of aromatic nitrogens is 2. The Kier molecular flexibility index (Phi) is 5.05. The third kappa shape index (κ3) is 4.92. The molecule has 3 N–H and O–H groups in total. The summed E-state index contributed by atoms with van der Waals surface area (Å²) in [5.41, 5.74) is 6.90. The number of nitrogens with one attached hydrogen (secondary N) is 1. The first-order valence-corrected chi connectivity index (χ1v) is 8.36. The van der Waals surface area contributed by atoms with Crippen LogP contribution in [0.2, 0.25) is 0 Å². The lowest BCUT2D eigenvalue weighted by Crippen LogP contribution is -2.28. The summed E-state index contributed by atoms with van der Waals surface area (Å²) in [6, 6.07) is 8.65. The molecular weight excluding hydrogens is 308 g/mol. The van der Waals surface area contributed by atoms with Gasteiger partial charge in [-0.3, -0.25) is 4.68 Å². The molecule has 2 rings (SSSR count). The number of sulfonamides is 1. The molecule has 6 nitrogen and oxygen atoms in total. The van der Waals surface area contributed by atoms with Gasteiger partial charge in [0.2, 0.25) is 10.0 Å². The van der Waals surface area contributed by atoms with Gasteiger partial charge in [-0.1, -0.05) is 36.5 Å². The summed E-state index contributed by atoms with van der Waals surface area (Å²) in [5.74, 6) is -0.0796. The Bertz CT molecular complexity index is 694. The minimum atomic E-state index is -3.38. The molecule has 0 radical (unpaired) electrons. The molecular formula is C13H16N4O2S2. The molecule has 0 aliphatic heterocycles. The van der Waals surface area contributed by atoms with E-state index in [1.807, 2.05) is 0 Å². The Morgan fingerprint density at radius 3 is 2.62 bits per heavy atom. The van der Waals surface area contributed by atoms with E-state index in [0.29, 0.717) is 23.6 Å². The Labute approximate surface area is 129 Å². The monoisotopic (exact) mass is 324 g/mol. The van der Waals surface area contributed by atoms with Crippen molar-refractivity contribution in [2.75, 3.05) is 6.54 Å². The lowest BCUT2D eigenvalue weighted by atomic mass is 10.1. The van der Waals surface area contributed by atoms with Crippen LogP contribution in [0, 0.1) is 0 Å². The van der Waals surface area contributed by atoms with Gasteiger partial charge in [0, 0.05) is 24.5 Å². The molecule has 112 valence electrons. The van der Waals surface area contributed by atoms with Crippen LogP contribution in [0.15, 0.2) is 42.7 Å². The van der Waals surface area contributed by atoms with E-state index < -0.39 is 10.0 Å². The lowest BCUT2D eigenvalue weighted by Gasteiger charge is -2.07. The van der Waals surface area contributed by atoms with E-state index >= 15 is 0 Å². The molecule has 0 amide bonds. The summed E-state index contributed by atoms with van der Waals surface area (Å²) in [7, 11) is -3.38. The van der Waals surface area contributed by atoms with Crippen LogP contribution in [0.4, 0.5) is 0 Å². The fourth-order valence-electron chi connectivity index (χ4n) is 1.78. The normalized spacial score (nSPS) is 11.4. The van der Waals surface area contributed by atoms with Gasteiger partial charge in [-0.25, -0.2) is 13.1 Å². The molecule has 2 aromatic rings. The standard InChI is InChI=1S/C13H16N4O2S2/c14-13(20)12-4-2-11(3-5-12)10-21(18,19)16-7-9-17-8-1-6-15-17/h1-6,8,16H,7,9-10H2,(H2,14,20). The number of hydrogen-bond donors (Lipinski definition) is 2. The molecule has 0 atom stereocenters. The van der Waals surface area contributed by atoms with Gasteiger partial charge in [0.05, 0.1) is 12.3 Å². The molecule has 0 saturated carbocycles. The highest BCUT2D eigenvalue weighted by Gasteiger charge is 2.11. The summed E-state index contributed by atoms with van der Waals surface area (Å²) in [6.45, 7) is 0.793. The Morgan fingerprint density at radius 1 is 1.33 bits per heavy atom. The number of nitrogens with two attached hydrogens (primary N) is 1. The minimum Gasteiger partial charge on any atom is -0.389 e. The third-order valence-corrected chi connectivity index (χ3v) is 4.41. The van der Waals surface area contributed by atoms with Crippen molar-refractivity contribution in [3.8, 4) is 0 Å². The Hall–Kier alpha value is -1.77. The molecule has 0 unspecified atom stereocenters. The molecule has 0 spiro atoms. The zero-order valence-electron chi connectivity index (χ0n) is 11.3. The molecule has 0 aliphatic rings. The first-order valence-electron chi connectivity index (χ1n) is 6.30. The molecule has 1 aromatic carbocycles. The average molecular weight is 324 g/mol. The molecule has 0 aliphatic carbocycles. The number of nitrogens with zero attached hydrogens (tertiary/aromatic N) is 2. The predicted octanol–water partition coefficient (Wildman–Crippen LogP) is 0.637. The lowest BCUT2D eigenvalue weighted by molar-refractivity contribution is 0.560. The molecule has 0 saturated heterocycles. The van der Waals surface area contributed by atoms with E-state index in [2.05, 4.69) is 9.82 Å². The van der Waals surface area contributed by atoms with E-state index in [4.69, 9.17) is 18.0 Å². The van der Waals surface area contributed by atoms with Gasteiger partial charge in [0.1, 0.15) is 4.99 Å². The van der Waals surface area contributed by atoms with Gasteiger partial charge in [0.25, 0.3) is 0 Å². The van der Waals surface area contributed by atoms with E-state index in [-0.39, 0.29) is 5.75 Å². The number of thiocarbonyl (C=S) groups is 1. The molecule has 8 heteroatoms. The maximum absolute atomic E-state index is 12.0. The molecule has 0 fully saturated rings. The van der Waals surface area contributed by atoms with Crippen LogP contribution >= 0.6 is 12.2 Å². The summed E-state index contributed by atoms with van der Waals surface area (Å²) in [5, 5.41) is 4.00. The van der Waals surface area contributed by atoms with Crippen LogP contribution in [0.1, 0.15) is 11.1 Å². The highest BCUT2D eigenvalue weighted by Crippen LogP contribution is 2.07. The molecule has 1 heterocycles. The molecule has 21 heavy (non-hydrogen) atoms. The van der Waals surface area contributed by atoms with Crippen molar-refractivity contribution in [3.63, 3.8) is 0 Å². The summed E-state index contributed by atoms with van der Waals surface area (Å²) in [6.07, 6.45) is 3.43. The average Bonchev–Trinajstić information content (AvgIpc) is 2.91. The number of benzene rings is 1. The SMILES string of the molecule is NC(=S)c1ccc(CS(=O)(=O)NCCn2cccn2)cc1. The van der Waals surface area contributed by atoms with Crippen LogP contribution in [0.25, 0.3) is 0 Å². The minimum absolute atomic E-state index is 0.0796. The summed E-state index contributed by atoms with van der Waals surface area (Å²) in [4.78, 5) is 0.293. The fourth-order valence-corrected chi connectivity index (χ4v) is 3.06. The van der Waals surface area contributed by atoms with E-state index in [1.165, 1.54) is 0 Å². The zero-order chi connectivity index (χ0) is 15.3. The van der Waals surface area contributed by atoms with Crippen LogP contribution in [0.3, 0.4) is 0 Å². The van der Waals surface area contributed by atoms with Crippen LogP contribution in [0.5, 0.6) is 0 Å². The van der Waals surface area contributed by atoms with Crippen molar-refractivity contribution in [2.45, 2.75) is 12.3 Å². The predicted molar refractivity (Wildman–Crippen MR) is 85.2 cm³/mol. The topological polar surface area (TPSA) is 90.0 Å². The summed E-state index contributed by atoms with van der Waals surface area (Å²) >= 11 is 4.85. The first kappa shape index (κ1) is 15.6.